The van der Waals surface area contributed by atoms with Gasteiger partial charge in [0.2, 0.25) is 0 Å². The first-order valence-corrected chi connectivity index (χ1v) is 8.91. The molecule has 27 heavy (non-hydrogen) atoms. The van der Waals surface area contributed by atoms with Crippen LogP contribution in [0.2, 0.25) is 0 Å². The summed E-state index contributed by atoms with van der Waals surface area (Å²) >= 11 is 0. The predicted octanol–water partition coefficient (Wildman–Crippen LogP) is 6.28. The van der Waals surface area contributed by atoms with Gasteiger partial charge in [0.15, 0.2) is 5.43 Å². The molecule has 5 rings (SSSR count). The Morgan fingerprint density at radius 2 is 1.26 bits per heavy atom. The molecule has 0 unspecified atom stereocenters. The first kappa shape index (κ1) is 15.6. The topological polar surface area (TPSA) is 30.2 Å². The van der Waals surface area contributed by atoms with E-state index < -0.39 is 0 Å². The van der Waals surface area contributed by atoms with Crippen molar-refractivity contribution >= 4 is 21.7 Å². The van der Waals surface area contributed by atoms with Crippen molar-refractivity contribution in [3.63, 3.8) is 0 Å². The molecule has 0 bridgehead atoms. The Morgan fingerprint density at radius 1 is 0.593 bits per heavy atom. The first-order valence-electron chi connectivity index (χ1n) is 8.91. The predicted molar refractivity (Wildman–Crippen MR) is 111 cm³/mol. The van der Waals surface area contributed by atoms with Crippen LogP contribution in [-0.2, 0) is 0 Å². The monoisotopic (exact) mass is 348 g/mol. The number of hydrogen-bond acceptors (Lipinski definition) is 2. The Balaban J connectivity index is 1.60. The zero-order valence-corrected chi connectivity index (χ0v) is 14.6. The van der Waals surface area contributed by atoms with Crippen molar-refractivity contribution in [3.05, 3.63) is 107 Å². The number of benzene rings is 4. The van der Waals surface area contributed by atoms with E-state index in [2.05, 4.69) is 54.6 Å². The lowest BCUT2D eigenvalue weighted by Gasteiger charge is -2.08. The normalized spacial score (nSPS) is 11.1. The van der Waals surface area contributed by atoms with Crippen molar-refractivity contribution < 1.29 is 4.42 Å². The van der Waals surface area contributed by atoms with Gasteiger partial charge in [0.1, 0.15) is 11.3 Å². The van der Waals surface area contributed by atoms with Gasteiger partial charge in [-0.2, -0.15) is 0 Å². The first-order chi connectivity index (χ1) is 13.3. The molecule has 0 fully saturated rings. The van der Waals surface area contributed by atoms with Crippen LogP contribution in [0.25, 0.3) is 44.2 Å². The second-order valence-electron chi connectivity index (χ2n) is 6.58. The summed E-state index contributed by atoms with van der Waals surface area (Å²) < 4.78 is 5.94. The fraction of sp³-hybridized carbons (Fsp3) is 0. The van der Waals surface area contributed by atoms with E-state index in [1.165, 1.54) is 16.3 Å². The fourth-order valence-corrected chi connectivity index (χ4v) is 3.54. The minimum absolute atomic E-state index is 0.0232. The summed E-state index contributed by atoms with van der Waals surface area (Å²) in [5.74, 6) is 0.586. The molecule has 0 N–H and O–H groups in total. The Morgan fingerprint density at radius 3 is 2.11 bits per heavy atom. The van der Waals surface area contributed by atoms with E-state index in [0.29, 0.717) is 16.7 Å². The van der Waals surface area contributed by atoms with Gasteiger partial charge in [-0.1, -0.05) is 78.9 Å². The lowest BCUT2D eigenvalue weighted by Crippen LogP contribution is -1.99. The summed E-state index contributed by atoms with van der Waals surface area (Å²) in [4.78, 5) is 12.3. The largest absolute Gasteiger partial charge is 0.456 e. The van der Waals surface area contributed by atoms with E-state index in [0.717, 1.165) is 11.1 Å². The molecule has 128 valence electrons. The molecule has 0 aliphatic carbocycles. The molecular formula is C25H16O2. The Labute approximate surface area is 156 Å². The van der Waals surface area contributed by atoms with Crippen molar-refractivity contribution in [2.75, 3.05) is 0 Å². The highest BCUT2D eigenvalue weighted by molar-refractivity contribution is 5.96. The lowest BCUT2D eigenvalue weighted by atomic mass is 9.97. The van der Waals surface area contributed by atoms with Crippen LogP contribution in [0.5, 0.6) is 0 Å². The van der Waals surface area contributed by atoms with E-state index in [1.54, 1.807) is 12.1 Å². The highest BCUT2D eigenvalue weighted by Gasteiger charge is 2.08. The molecule has 4 aromatic carbocycles. The minimum Gasteiger partial charge on any atom is -0.456 e. The van der Waals surface area contributed by atoms with Crippen LogP contribution >= 0.6 is 0 Å². The summed E-state index contributed by atoms with van der Waals surface area (Å²) in [6.07, 6.45) is 0. The molecule has 0 spiro atoms. The van der Waals surface area contributed by atoms with Crippen molar-refractivity contribution in [1.29, 1.82) is 0 Å². The molecule has 0 saturated heterocycles. The van der Waals surface area contributed by atoms with Crippen LogP contribution in [0, 0.1) is 0 Å². The van der Waals surface area contributed by atoms with E-state index >= 15 is 0 Å². The quantitative estimate of drug-likeness (QED) is 0.376. The van der Waals surface area contributed by atoms with Gasteiger partial charge in [-0.15, -0.1) is 0 Å². The summed E-state index contributed by atoms with van der Waals surface area (Å²) in [5.41, 5.74) is 3.81. The van der Waals surface area contributed by atoms with Crippen molar-refractivity contribution in [2.45, 2.75) is 0 Å². The van der Waals surface area contributed by atoms with E-state index in [1.807, 2.05) is 30.3 Å². The second kappa shape index (κ2) is 6.26. The molecular weight excluding hydrogens is 332 g/mol. The number of hydrogen-bond donors (Lipinski definition) is 0. The van der Waals surface area contributed by atoms with Gasteiger partial charge in [0, 0.05) is 11.6 Å². The summed E-state index contributed by atoms with van der Waals surface area (Å²) in [6.45, 7) is 0. The maximum absolute atomic E-state index is 12.3. The Kier molecular flexibility index (Phi) is 3.61. The van der Waals surface area contributed by atoms with Crippen molar-refractivity contribution in [1.82, 2.24) is 0 Å². The number of rotatable bonds is 2. The molecule has 2 heteroatoms. The molecule has 1 heterocycles. The van der Waals surface area contributed by atoms with Gasteiger partial charge in [-0.05, 0) is 34.0 Å². The van der Waals surface area contributed by atoms with Gasteiger partial charge in [0.25, 0.3) is 0 Å². The Bertz CT molecular complexity index is 1320. The van der Waals surface area contributed by atoms with Crippen molar-refractivity contribution in [2.24, 2.45) is 0 Å². The number of para-hydroxylation sites is 1. The molecule has 5 aromatic rings. The van der Waals surface area contributed by atoms with Crippen LogP contribution in [-0.4, -0.2) is 0 Å². The van der Waals surface area contributed by atoms with Gasteiger partial charge >= 0.3 is 0 Å². The zero-order valence-electron chi connectivity index (χ0n) is 14.6. The minimum atomic E-state index is -0.0232. The van der Waals surface area contributed by atoms with Gasteiger partial charge < -0.3 is 4.42 Å². The third kappa shape index (κ3) is 2.72. The molecule has 0 atom stereocenters. The standard InChI is InChI=1S/C25H16O2/c26-23-16-25(27-24-11-4-3-9-22(23)24)19-14-12-18(13-15-19)21-10-5-7-17-6-1-2-8-20(17)21/h1-16H. The molecule has 0 aliphatic heterocycles. The van der Waals surface area contributed by atoms with Gasteiger partial charge in [-0.3, -0.25) is 4.79 Å². The van der Waals surface area contributed by atoms with Crippen LogP contribution in [0.3, 0.4) is 0 Å². The average molecular weight is 348 g/mol. The summed E-state index contributed by atoms with van der Waals surface area (Å²) in [7, 11) is 0. The molecule has 0 amide bonds. The maximum atomic E-state index is 12.3. The fourth-order valence-electron chi connectivity index (χ4n) is 3.54. The summed E-state index contributed by atoms with van der Waals surface area (Å²) in [6, 6.07) is 31.8. The van der Waals surface area contributed by atoms with E-state index in [4.69, 9.17) is 4.42 Å². The van der Waals surface area contributed by atoms with E-state index in [9.17, 15) is 4.79 Å². The maximum Gasteiger partial charge on any atom is 0.193 e. The van der Waals surface area contributed by atoms with Crippen LogP contribution in [0.4, 0.5) is 0 Å². The van der Waals surface area contributed by atoms with Crippen LogP contribution in [0.1, 0.15) is 0 Å². The highest BCUT2D eigenvalue weighted by Crippen LogP contribution is 2.30. The van der Waals surface area contributed by atoms with Gasteiger partial charge in [0.05, 0.1) is 5.39 Å². The molecule has 0 saturated carbocycles. The molecule has 1 aromatic heterocycles. The van der Waals surface area contributed by atoms with Crippen LogP contribution in [0.15, 0.2) is 106 Å². The van der Waals surface area contributed by atoms with E-state index in [-0.39, 0.29) is 5.43 Å². The van der Waals surface area contributed by atoms with Gasteiger partial charge in [-0.25, -0.2) is 0 Å². The Hall–Kier alpha value is -3.65. The third-order valence-electron chi connectivity index (χ3n) is 4.90. The zero-order chi connectivity index (χ0) is 18.2. The third-order valence-corrected chi connectivity index (χ3v) is 4.90. The lowest BCUT2D eigenvalue weighted by molar-refractivity contribution is 0.619. The average Bonchev–Trinajstić information content (AvgIpc) is 2.73. The molecule has 2 nitrogen and oxygen atoms in total. The SMILES string of the molecule is O=c1cc(-c2ccc(-c3cccc4ccccc34)cc2)oc2ccccc12. The number of fused-ring (bicyclic) bond motifs is 2. The molecule has 0 aliphatic rings. The van der Waals surface area contributed by atoms with Crippen molar-refractivity contribution in [3.8, 4) is 22.5 Å². The highest BCUT2D eigenvalue weighted by atomic mass is 16.3. The summed E-state index contributed by atoms with van der Waals surface area (Å²) in [5, 5.41) is 3.05. The smallest absolute Gasteiger partial charge is 0.193 e. The van der Waals surface area contributed by atoms with Crippen LogP contribution < -0.4 is 5.43 Å². The molecule has 0 radical (unpaired) electrons. The second-order valence-corrected chi connectivity index (χ2v) is 6.58.